The highest BCUT2D eigenvalue weighted by molar-refractivity contribution is 6.30. The lowest BCUT2D eigenvalue weighted by atomic mass is 10.2. The van der Waals surface area contributed by atoms with Crippen molar-refractivity contribution in [2.24, 2.45) is 0 Å². The first-order chi connectivity index (χ1) is 11.5. The van der Waals surface area contributed by atoms with Crippen LogP contribution in [0.3, 0.4) is 0 Å². The van der Waals surface area contributed by atoms with Gasteiger partial charge in [-0.1, -0.05) is 29.8 Å². The van der Waals surface area contributed by atoms with Gasteiger partial charge in [0.2, 0.25) is 0 Å². The lowest BCUT2D eigenvalue weighted by molar-refractivity contribution is -0.128. The molecule has 0 spiro atoms. The second kappa shape index (κ2) is 8.60. The first kappa shape index (κ1) is 18.1. The van der Waals surface area contributed by atoms with Gasteiger partial charge in [0.1, 0.15) is 18.1 Å². The second-order valence-electron chi connectivity index (χ2n) is 5.70. The molecular weight excluding hydrogens is 326 g/mol. The Balaban J connectivity index is 1.80. The summed E-state index contributed by atoms with van der Waals surface area (Å²) in [6.45, 7) is 5.98. The number of halogens is 1. The number of ether oxygens (including phenoxy) is 2. The largest absolute Gasteiger partial charge is 0.491 e. The van der Waals surface area contributed by atoms with Gasteiger partial charge in [-0.2, -0.15) is 0 Å². The second-order valence-corrected chi connectivity index (χ2v) is 6.14. The van der Waals surface area contributed by atoms with E-state index in [2.05, 4.69) is 5.32 Å². The van der Waals surface area contributed by atoms with E-state index in [9.17, 15) is 4.79 Å². The average molecular weight is 348 g/mol. The standard InChI is InChI=1S/C19H22ClNO3/c1-13-6-4-5-7-18(13)23-12-14(2)21-19(22)15(3)24-17-10-8-16(20)9-11-17/h4-11,14-15H,12H2,1-3H3,(H,21,22). The molecule has 0 saturated carbocycles. The number of carbonyl (C=O) groups is 1. The van der Waals surface area contributed by atoms with Crippen LogP contribution in [0.5, 0.6) is 11.5 Å². The minimum atomic E-state index is -0.605. The number of para-hydroxylation sites is 1. The molecule has 128 valence electrons. The Bertz CT molecular complexity index is 673. The summed E-state index contributed by atoms with van der Waals surface area (Å²) >= 11 is 5.83. The summed E-state index contributed by atoms with van der Waals surface area (Å²) in [5.41, 5.74) is 1.07. The number of carbonyl (C=O) groups excluding carboxylic acids is 1. The van der Waals surface area contributed by atoms with Gasteiger partial charge < -0.3 is 14.8 Å². The molecule has 0 radical (unpaired) electrons. The number of benzene rings is 2. The fourth-order valence-electron chi connectivity index (χ4n) is 2.11. The number of aryl methyl sites for hydroxylation is 1. The molecule has 0 fully saturated rings. The Morgan fingerprint density at radius 3 is 2.46 bits per heavy atom. The van der Waals surface area contributed by atoms with Crippen LogP contribution in [0.25, 0.3) is 0 Å². The summed E-state index contributed by atoms with van der Waals surface area (Å²) in [5, 5.41) is 3.51. The van der Waals surface area contributed by atoms with Crippen LogP contribution in [0.2, 0.25) is 5.02 Å². The summed E-state index contributed by atoms with van der Waals surface area (Å²) < 4.78 is 11.3. The lowest BCUT2D eigenvalue weighted by Crippen LogP contribution is -2.43. The van der Waals surface area contributed by atoms with Crippen molar-refractivity contribution < 1.29 is 14.3 Å². The van der Waals surface area contributed by atoms with E-state index in [1.54, 1.807) is 31.2 Å². The first-order valence-corrected chi connectivity index (χ1v) is 8.24. The molecule has 2 rings (SSSR count). The average Bonchev–Trinajstić information content (AvgIpc) is 2.56. The van der Waals surface area contributed by atoms with Crippen molar-refractivity contribution in [1.29, 1.82) is 0 Å². The molecule has 4 nitrogen and oxygen atoms in total. The Kier molecular flexibility index (Phi) is 6.50. The zero-order chi connectivity index (χ0) is 17.5. The van der Waals surface area contributed by atoms with Crippen LogP contribution in [0, 0.1) is 6.92 Å². The molecule has 5 heteroatoms. The van der Waals surface area contributed by atoms with E-state index in [0.717, 1.165) is 11.3 Å². The Morgan fingerprint density at radius 1 is 1.12 bits per heavy atom. The summed E-state index contributed by atoms with van der Waals surface area (Å²) in [6.07, 6.45) is -0.605. The van der Waals surface area contributed by atoms with Crippen LogP contribution in [0.15, 0.2) is 48.5 Å². The topological polar surface area (TPSA) is 47.6 Å². The Morgan fingerprint density at radius 2 is 1.79 bits per heavy atom. The van der Waals surface area contributed by atoms with Crippen molar-refractivity contribution in [3.63, 3.8) is 0 Å². The smallest absolute Gasteiger partial charge is 0.261 e. The van der Waals surface area contributed by atoms with Gasteiger partial charge in [-0.15, -0.1) is 0 Å². The van der Waals surface area contributed by atoms with E-state index in [0.29, 0.717) is 17.4 Å². The van der Waals surface area contributed by atoms with E-state index >= 15 is 0 Å². The molecule has 0 saturated heterocycles. The van der Waals surface area contributed by atoms with E-state index in [1.807, 2.05) is 38.1 Å². The van der Waals surface area contributed by atoms with E-state index in [1.165, 1.54) is 0 Å². The zero-order valence-electron chi connectivity index (χ0n) is 14.1. The van der Waals surface area contributed by atoms with Crippen LogP contribution in [-0.2, 0) is 4.79 Å². The molecule has 0 bridgehead atoms. The normalized spacial score (nSPS) is 13.0. The molecule has 1 N–H and O–H groups in total. The predicted molar refractivity (Wildman–Crippen MR) is 95.8 cm³/mol. The minimum absolute atomic E-state index is 0.131. The Hall–Kier alpha value is -2.20. The fourth-order valence-corrected chi connectivity index (χ4v) is 2.23. The van der Waals surface area contributed by atoms with Gasteiger partial charge in [0, 0.05) is 5.02 Å². The molecule has 24 heavy (non-hydrogen) atoms. The summed E-state index contributed by atoms with van der Waals surface area (Å²) in [7, 11) is 0. The van der Waals surface area contributed by atoms with Gasteiger partial charge in [-0.3, -0.25) is 4.79 Å². The molecule has 0 aliphatic heterocycles. The number of hydrogen-bond acceptors (Lipinski definition) is 3. The highest BCUT2D eigenvalue weighted by Crippen LogP contribution is 2.17. The molecule has 0 aromatic heterocycles. The van der Waals surface area contributed by atoms with Crippen LogP contribution in [0.1, 0.15) is 19.4 Å². The monoisotopic (exact) mass is 347 g/mol. The predicted octanol–water partition coefficient (Wildman–Crippen LogP) is 4.00. The van der Waals surface area contributed by atoms with Gasteiger partial charge in [-0.05, 0) is 56.7 Å². The highest BCUT2D eigenvalue weighted by Gasteiger charge is 2.17. The molecule has 2 aromatic rings. The number of rotatable bonds is 7. The van der Waals surface area contributed by atoms with Crippen LogP contribution in [-0.4, -0.2) is 24.7 Å². The summed E-state index contributed by atoms with van der Waals surface area (Å²) in [4.78, 5) is 12.2. The molecule has 0 heterocycles. The van der Waals surface area contributed by atoms with Crippen molar-refractivity contribution in [1.82, 2.24) is 5.32 Å². The van der Waals surface area contributed by atoms with E-state index in [4.69, 9.17) is 21.1 Å². The van der Waals surface area contributed by atoms with Crippen LogP contribution in [0.4, 0.5) is 0 Å². The maximum absolute atomic E-state index is 12.2. The quantitative estimate of drug-likeness (QED) is 0.823. The lowest BCUT2D eigenvalue weighted by Gasteiger charge is -2.19. The van der Waals surface area contributed by atoms with Crippen molar-refractivity contribution in [3.8, 4) is 11.5 Å². The molecular formula is C19H22ClNO3. The molecule has 0 aliphatic rings. The van der Waals surface area contributed by atoms with Crippen LogP contribution < -0.4 is 14.8 Å². The van der Waals surface area contributed by atoms with Gasteiger partial charge >= 0.3 is 0 Å². The summed E-state index contributed by atoms with van der Waals surface area (Å²) in [6, 6.07) is 14.6. The van der Waals surface area contributed by atoms with Gasteiger partial charge in [0.15, 0.2) is 6.10 Å². The molecule has 1 amide bonds. The van der Waals surface area contributed by atoms with Gasteiger partial charge in [-0.25, -0.2) is 0 Å². The zero-order valence-corrected chi connectivity index (χ0v) is 14.8. The molecule has 0 aliphatic carbocycles. The number of amides is 1. The SMILES string of the molecule is Cc1ccccc1OCC(C)NC(=O)C(C)Oc1ccc(Cl)cc1. The first-order valence-electron chi connectivity index (χ1n) is 7.86. The maximum Gasteiger partial charge on any atom is 0.261 e. The fraction of sp³-hybridized carbons (Fsp3) is 0.316. The van der Waals surface area contributed by atoms with Crippen molar-refractivity contribution in [2.45, 2.75) is 32.9 Å². The minimum Gasteiger partial charge on any atom is -0.491 e. The summed E-state index contributed by atoms with van der Waals surface area (Å²) in [5.74, 6) is 1.24. The third-order valence-electron chi connectivity index (χ3n) is 3.47. The van der Waals surface area contributed by atoms with Crippen LogP contribution >= 0.6 is 11.6 Å². The molecule has 2 aromatic carbocycles. The van der Waals surface area contributed by atoms with Gasteiger partial charge in [0.05, 0.1) is 6.04 Å². The number of hydrogen-bond donors (Lipinski definition) is 1. The van der Waals surface area contributed by atoms with Crippen molar-refractivity contribution in [3.05, 3.63) is 59.1 Å². The third kappa shape index (κ3) is 5.46. The third-order valence-corrected chi connectivity index (χ3v) is 3.72. The van der Waals surface area contributed by atoms with E-state index < -0.39 is 6.10 Å². The van der Waals surface area contributed by atoms with E-state index in [-0.39, 0.29) is 11.9 Å². The molecule has 2 atom stereocenters. The van der Waals surface area contributed by atoms with Crippen molar-refractivity contribution in [2.75, 3.05) is 6.61 Å². The van der Waals surface area contributed by atoms with Crippen molar-refractivity contribution >= 4 is 17.5 Å². The van der Waals surface area contributed by atoms with Gasteiger partial charge in [0.25, 0.3) is 5.91 Å². The molecule has 2 unspecified atom stereocenters. The Labute approximate surface area is 147 Å². The maximum atomic E-state index is 12.2. The highest BCUT2D eigenvalue weighted by atomic mass is 35.5. The number of nitrogens with one attached hydrogen (secondary N) is 1.